The summed E-state index contributed by atoms with van der Waals surface area (Å²) >= 11 is 10.6. The molecule has 0 radical (unpaired) electrons. The Morgan fingerprint density at radius 1 is 1.42 bits per heavy atom. The van der Waals surface area contributed by atoms with E-state index in [1.807, 2.05) is 5.38 Å². The topological polar surface area (TPSA) is 22.1 Å². The number of halogens is 3. The third-order valence-corrected chi connectivity index (χ3v) is 4.15. The zero-order valence-electron chi connectivity index (χ0n) is 10.0. The van der Waals surface area contributed by atoms with Gasteiger partial charge in [-0.05, 0) is 24.6 Å². The van der Waals surface area contributed by atoms with Crippen molar-refractivity contribution in [2.24, 2.45) is 0 Å². The van der Waals surface area contributed by atoms with Gasteiger partial charge in [0.25, 0.3) is 0 Å². The Hall–Kier alpha value is -0.650. The van der Waals surface area contributed by atoms with E-state index in [0.29, 0.717) is 12.5 Å². The third-order valence-electron chi connectivity index (χ3n) is 2.42. The van der Waals surface area contributed by atoms with Gasteiger partial charge in [0.1, 0.15) is 0 Å². The maximum absolute atomic E-state index is 13.4. The summed E-state index contributed by atoms with van der Waals surface area (Å²) < 4.78 is 19.6. The van der Waals surface area contributed by atoms with Crippen molar-refractivity contribution in [2.75, 3.05) is 6.61 Å². The number of ether oxygens (including phenoxy) is 1. The van der Waals surface area contributed by atoms with E-state index in [9.17, 15) is 4.39 Å². The van der Waals surface area contributed by atoms with Crippen LogP contribution in [0.25, 0.3) is 0 Å². The molecule has 0 N–H and O–H groups in total. The molecule has 1 aromatic heterocycles. The zero-order valence-corrected chi connectivity index (χ0v) is 13.2. The lowest BCUT2D eigenvalue weighted by molar-refractivity contribution is 0.295. The van der Waals surface area contributed by atoms with Gasteiger partial charge in [0.15, 0.2) is 11.6 Å². The molecule has 19 heavy (non-hydrogen) atoms. The fourth-order valence-electron chi connectivity index (χ4n) is 1.52. The molecule has 102 valence electrons. The van der Waals surface area contributed by atoms with Crippen LogP contribution in [0.3, 0.4) is 0 Å². The van der Waals surface area contributed by atoms with Crippen LogP contribution in [0.2, 0.25) is 0 Å². The first kappa shape index (κ1) is 14.8. The summed E-state index contributed by atoms with van der Waals surface area (Å²) in [4.78, 5) is 4.35. The lowest BCUT2D eigenvalue weighted by Crippen LogP contribution is -2.01. The summed E-state index contributed by atoms with van der Waals surface area (Å²) in [5.74, 6) is 0.368. The number of aromatic nitrogens is 1. The minimum Gasteiger partial charge on any atom is -0.490 e. The first-order valence-electron chi connectivity index (χ1n) is 5.76. The van der Waals surface area contributed by atoms with E-state index in [0.717, 1.165) is 28.0 Å². The molecule has 0 aliphatic heterocycles. The molecule has 2 aromatic rings. The fourth-order valence-corrected chi connectivity index (χ4v) is 2.93. The molecular formula is C13H12BrClFNOS. The predicted molar refractivity (Wildman–Crippen MR) is 79.6 cm³/mol. The van der Waals surface area contributed by atoms with Crippen molar-refractivity contribution < 1.29 is 9.13 Å². The van der Waals surface area contributed by atoms with Gasteiger partial charge < -0.3 is 4.74 Å². The quantitative estimate of drug-likeness (QED) is 0.543. The van der Waals surface area contributed by atoms with Crippen molar-refractivity contribution in [3.8, 4) is 5.75 Å². The van der Waals surface area contributed by atoms with Gasteiger partial charge in [-0.25, -0.2) is 9.37 Å². The van der Waals surface area contributed by atoms with Gasteiger partial charge in [-0.3, -0.25) is 0 Å². The molecule has 2 rings (SSSR count). The molecule has 0 aliphatic rings. The van der Waals surface area contributed by atoms with Crippen molar-refractivity contribution in [1.29, 1.82) is 0 Å². The van der Waals surface area contributed by atoms with Gasteiger partial charge in [-0.2, -0.15) is 0 Å². The largest absolute Gasteiger partial charge is 0.490 e. The van der Waals surface area contributed by atoms with Gasteiger partial charge in [0.05, 0.1) is 23.2 Å². The van der Waals surface area contributed by atoms with E-state index < -0.39 is 0 Å². The lowest BCUT2D eigenvalue weighted by Gasteiger charge is -2.06. The number of benzene rings is 1. The molecule has 1 aromatic carbocycles. The van der Waals surface area contributed by atoms with Crippen LogP contribution in [0.1, 0.15) is 17.1 Å². The maximum Gasteiger partial charge on any atom is 0.165 e. The highest BCUT2D eigenvalue weighted by molar-refractivity contribution is 9.10. The summed E-state index contributed by atoms with van der Waals surface area (Å²) in [6.45, 7) is 0.461. The molecule has 0 fully saturated rings. The molecule has 0 unspecified atom stereocenters. The first-order valence-corrected chi connectivity index (χ1v) is 7.97. The van der Waals surface area contributed by atoms with E-state index in [-0.39, 0.29) is 11.6 Å². The highest BCUT2D eigenvalue weighted by Crippen LogP contribution is 2.22. The van der Waals surface area contributed by atoms with Crippen molar-refractivity contribution in [3.63, 3.8) is 0 Å². The van der Waals surface area contributed by atoms with Crippen LogP contribution < -0.4 is 4.74 Å². The molecule has 0 bridgehead atoms. The lowest BCUT2D eigenvalue weighted by atomic mass is 10.3. The summed E-state index contributed by atoms with van der Waals surface area (Å²) in [5.41, 5.74) is 0.903. The second kappa shape index (κ2) is 7.22. The number of alkyl halides is 1. The van der Waals surface area contributed by atoms with E-state index in [2.05, 4.69) is 20.9 Å². The number of hydrogen-bond donors (Lipinski definition) is 0. The highest BCUT2D eigenvalue weighted by atomic mass is 79.9. The highest BCUT2D eigenvalue weighted by Gasteiger charge is 2.05. The van der Waals surface area contributed by atoms with Gasteiger partial charge in [0, 0.05) is 16.3 Å². The molecule has 6 heteroatoms. The van der Waals surface area contributed by atoms with Gasteiger partial charge in [0.2, 0.25) is 0 Å². The molecular weight excluding hydrogens is 353 g/mol. The van der Waals surface area contributed by atoms with Crippen LogP contribution in [-0.2, 0) is 12.3 Å². The van der Waals surface area contributed by atoms with E-state index in [1.54, 1.807) is 23.5 Å². The monoisotopic (exact) mass is 363 g/mol. The number of hydrogen-bond acceptors (Lipinski definition) is 3. The average Bonchev–Trinajstić information content (AvgIpc) is 2.86. The summed E-state index contributed by atoms with van der Waals surface area (Å²) in [7, 11) is 0. The van der Waals surface area contributed by atoms with Crippen molar-refractivity contribution >= 4 is 38.9 Å². The van der Waals surface area contributed by atoms with Gasteiger partial charge >= 0.3 is 0 Å². The minimum absolute atomic E-state index is 0.273. The third kappa shape index (κ3) is 4.44. The Bertz CT molecular complexity index is 549. The second-order valence-electron chi connectivity index (χ2n) is 3.89. The summed E-state index contributed by atoms with van der Waals surface area (Å²) in [6.07, 6.45) is 1.61. The van der Waals surface area contributed by atoms with Crippen molar-refractivity contribution in [2.45, 2.75) is 18.7 Å². The minimum atomic E-state index is -0.345. The predicted octanol–water partition coefficient (Wildman–Crippen LogP) is 4.80. The Balaban J connectivity index is 1.79. The van der Waals surface area contributed by atoms with Crippen LogP contribution in [0.5, 0.6) is 5.75 Å². The first-order chi connectivity index (χ1) is 9.19. The molecule has 2 nitrogen and oxygen atoms in total. The number of rotatable bonds is 6. The smallest absolute Gasteiger partial charge is 0.165 e. The normalized spacial score (nSPS) is 10.7. The van der Waals surface area contributed by atoms with Crippen LogP contribution >= 0.6 is 38.9 Å². The number of nitrogens with zero attached hydrogens (tertiary/aromatic N) is 1. The Morgan fingerprint density at radius 3 is 3.00 bits per heavy atom. The molecule has 0 saturated carbocycles. The van der Waals surface area contributed by atoms with Crippen LogP contribution in [0.4, 0.5) is 4.39 Å². The van der Waals surface area contributed by atoms with Crippen molar-refractivity contribution in [3.05, 3.63) is 44.6 Å². The SMILES string of the molecule is Fc1ccc(Br)cc1OCCCc1nc(CCl)cs1. The molecule has 0 spiro atoms. The summed E-state index contributed by atoms with van der Waals surface area (Å²) in [5, 5.41) is 2.99. The van der Waals surface area contributed by atoms with Gasteiger partial charge in [-0.15, -0.1) is 22.9 Å². The molecule has 0 amide bonds. The van der Waals surface area contributed by atoms with Gasteiger partial charge in [-0.1, -0.05) is 15.9 Å². The number of aryl methyl sites for hydroxylation is 1. The Kier molecular flexibility index (Phi) is 5.60. The van der Waals surface area contributed by atoms with E-state index >= 15 is 0 Å². The van der Waals surface area contributed by atoms with E-state index in [1.165, 1.54) is 6.07 Å². The number of thiazole rings is 1. The van der Waals surface area contributed by atoms with Crippen LogP contribution in [-0.4, -0.2) is 11.6 Å². The molecule has 1 heterocycles. The average molecular weight is 365 g/mol. The Morgan fingerprint density at radius 2 is 2.26 bits per heavy atom. The molecule has 0 aliphatic carbocycles. The van der Waals surface area contributed by atoms with Crippen molar-refractivity contribution in [1.82, 2.24) is 4.98 Å². The fraction of sp³-hybridized carbons (Fsp3) is 0.308. The second-order valence-corrected chi connectivity index (χ2v) is 6.02. The Labute approximate surface area is 128 Å². The van der Waals surface area contributed by atoms with Crippen LogP contribution in [0, 0.1) is 5.82 Å². The zero-order chi connectivity index (χ0) is 13.7. The molecule has 0 saturated heterocycles. The summed E-state index contributed by atoms with van der Waals surface area (Å²) in [6, 6.07) is 4.66. The van der Waals surface area contributed by atoms with E-state index in [4.69, 9.17) is 16.3 Å². The molecule has 0 atom stereocenters. The standard InChI is InChI=1S/C13H12BrClFNOS/c14-9-3-4-11(16)12(6-9)18-5-1-2-13-17-10(7-15)8-19-13/h3-4,6,8H,1-2,5,7H2. The van der Waals surface area contributed by atoms with Crippen LogP contribution in [0.15, 0.2) is 28.1 Å². The maximum atomic E-state index is 13.4.